The third-order valence-corrected chi connectivity index (χ3v) is 6.38. The van der Waals surface area contributed by atoms with E-state index in [0.717, 1.165) is 5.56 Å². The van der Waals surface area contributed by atoms with E-state index >= 15 is 0 Å². The van der Waals surface area contributed by atoms with Crippen LogP contribution in [0.4, 0.5) is 10.1 Å². The largest absolute Gasteiger partial charge is 0.264 e. The van der Waals surface area contributed by atoms with Gasteiger partial charge in [-0.3, -0.25) is 4.31 Å². The fourth-order valence-corrected chi connectivity index (χ4v) is 4.61. The molecule has 0 saturated carbocycles. The van der Waals surface area contributed by atoms with Gasteiger partial charge in [0, 0.05) is 5.02 Å². The van der Waals surface area contributed by atoms with Crippen LogP contribution in [-0.4, -0.2) is 8.42 Å². The Bertz CT molecular complexity index is 1020. The minimum absolute atomic E-state index is 0.0819. The molecular formula is C20H17ClFNO2S. The predicted octanol–water partition coefficient (Wildman–Crippen LogP) is 5.18. The maximum Gasteiger partial charge on any atom is 0.264 e. The lowest BCUT2D eigenvalue weighted by Gasteiger charge is -2.25. The van der Waals surface area contributed by atoms with Gasteiger partial charge in [-0.05, 0) is 48.4 Å². The van der Waals surface area contributed by atoms with E-state index < -0.39 is 15.8 Å². The summed E-state index contributed by atoms with van der Waals surface area (Å²) < 4.78 is 41.7. The molecule has 0 unspecified atom stereocenters. The van der Waals surface area contributed by atoms with Crippen LogP contribution in [0.15, 0.2) is 77.7 Å². The summed E-state index contributed by atoms with van der Waals surface area (Å²) in [5.41, 5.74) is 1.51. The molecule has 3 aromatic rings. The summed E-state index contributed by atoms with van der Waals surface area (Å²) in [5, 5.41) is 0.366. The SMILES string of the molecule is Cc1c(Cl)cccc1S(=O)(=O)N(Cc1ccccc1)c1cccc(F)c1. The summed E-state index contributed by atoms with van der Waals surface area (Å²) in [6.45, 7) is 1.74. The Morgan fingerprint density at radius 2 is 1.65 bits per heavy atom. The maximum atomic E-state index is 13.8. The van der Waals surface area contributed by atoms with Gasteiger partial charge in [0.2, 0.25) is 0 Å². The maximum absolute atomic E-state index is 13.8. The lowest BCUT2D eigenvalue weighted by molar-refractivity contribution is 0.589. The number of rotatable bonds is 5. The fraction of sp³-hybridized carbons (Fsp3) is 0.100. The molecule has 0 aliphatic heterocycles. The third-order valence-electron chi connectivity index (χ3n) is 4.05. The minimum atomic E-state index is -3.94. The van der Waals surface area contributed by atoms with Crippen LogP contribution in [0.1, 0.15) is 11.1 Å². The molecule has 0 atom stereocenters. The van der Waals surface area contributed by atoms with Crippen molar-refractivity contribution in [2.75, 3.05) is 4.31 Å². The number of nitrogens with zero attached hydrogens (tertiary/aromatic N) is 1. The second kappa shape index (κ2) is 7.48. The van der Waals surface area contributed by atoms with Crippen LogP contribution in [0.5, 0.6) is 0 Å². The van der Waals surface area contributed by atoms with E-state index in [9.17, 15) is 12.8 Å². The Balaban J connectivity index is 2.14. The molecule has 3 rings (SSSR count). The zero-order chi connectivity index (χ0) is 18.7. The van der Waals surface area contributed by atoms with Crippen molar-refractivity contribution in [2.45, 2.75) is 18.4 Å². The Kier molecular flexibility index (Phi) is 5.30. The van der Waals surface area contributed by atoms with E-state index in [2.05, 4.69) is 0 Å². The number of anilines is 1. The van der Waals surface area contributed by atoms with E-state index in [1.807, 2.05) is 30.3 Å². The average molecular weight is 390 g/mol. The van der Waals surface area contributed by atoms with E-state index in [-0.39, 0.29) is 17.1 Å². The second-order valence-corrected chi connectivity index (χ2v) is 8.08. The molecular weight excluding hydrogens is 373 g/mol. The zero-order valence-corrected chi connectivity index (χ0v) is 15.6. The molecule has 26 heavy (non-hydrogen) atoms. The Morgan fingerprint density at radius 3 is 2.35 bits per heavy atom. The van der Waals surface area contributed by atoms with Crippen molar-refractivity contribution < 1.29 is 12.8 Å². The molecule has 0 aromatic heterocycles. The topological polar surface area (TPSA) is 37.4 Å². The molecule has 0 N–H and O–H groups in total. The first-order valence-electron chi connectivity index (χ1n) is 7.97. The number of hydrogen-bond acceptors (Lipinski definition) is 2. The molecule has 0 aliphatic carbocycles. The molecule has 0 spiro atoms. The number of halogens is 2. The van der Waals surface area contributed by atoms with Crippen molar-refractivity contribution in [3.8, 4) is 0 Å². The van der Waals surface area contributed by atoms with Crippen molar-refractivity contribution in [1.82, 2.24) is 0 Å². The fourth-order valence-electron chi connectivity index (χ4n) is 2.68. The van der Waals surface area contributed by atoms with Crippen molar-refractivity contribution in [1.29, 1.82) is 0 Å². The van der Waals surface area contributed by atoms with Crippen LogP contribution < -0.4 is 4.31 Å². The summed E-state index contributed by atoms with van der Waals surface area (Å²) in [6, 6.07) is 19.5. The Morgan fingerprint density at radius 1 is 0.962 bits per heavy atom. The van der Waals surface area contributed by atoms with Crippen LogP contribution >= 0.6 is 11.6 Å². The van der Waals surface area contributed by atoms with Gasteiger partial charge in [-0.2, -0.15) is 0 Å². The van der Waals surface area contributed by atoms with Gasteiger partial charge in [0.25, 0.3) is 10.0 Å². The molecule has 0 aliphatic rings. The quantitative estimate of drug-likeness (QED) is 0.602. The molecule has 6 heteroatoms. The van der Waals surface area contributed by atoms with Crippen LogP contribution in [0.3, 0.4) is 0 Å². The summed E-state index contributed by atoms with van der Waals surface area (Å²) in [4.78, 5) is 0.102. The number of hydrogen-bond donors (Lipinski definition) is 0. The highest BCUT2D eigenvalue weighted by atomic mass is 35.5. The van der Waals surface area contributed by atoms with E-state index in [1.165, 1.54) is 28.6 Å². The first kappa shape index (κ1) is 18.4. The van der Waals surface area contributed by atoms with Gasteiger partial charge in [0.1, 0.15) is 5.82 Å². The lowest BCUT2D eigenvalue weighted by Crippen LogP contribution is -2.31. The average Bonchev–Trinajstić information content (AvgIpc) is 2.62. The zero-order valence-electron chi connectivity index (χ0n) is 14.1. The molecule has 0 radical (unpaired) electrons. The summed E-state index contributed by atoms with van der Waals surface area (Å²) in [7, 11) is -3.94. The first-order valence-corrected chi connectivity index (χ1v) is 9.79. The highest BCUT2D eigenvalue weighted by Gasteiger charge is 2.27. The second-order valence-electron chi connectivity index (χ2n) is 5.84. The van der Waals surface area contributed by atoms with Crippen molar-refractivity contribution in [2.24, 2.45) is 0 Å². The molecule has 0 saturated heterocycles. The monoisotopic (exact) mass is 389 g/mol. The standard InChI is InChI=1S/C20H17ClFNO2S/c1-15-19(21)11-6-12-20(15)26(24,25)23(14-16-7-3-2-4-8-16)18-10-5-9-17(22)13-18/h2-13H,14H2,1H3. The van der Waals surface area contributed by atoms with E-state index in [0.29, 0.717) is 10.6 Å². The molecule has 0 amide bonds. The molecule has 0 fully saturated rings. The first-order chi connectivity index (χ1) is 12.4. The molecule has 0 bridgehead atoms. The van der Waals surface area contributed by atoms with Crippen molar-refractivity contribution >= 4 is 27.3 Å². The van der Waals surface area contributed by atoms with Gasteiger partial charge < -0.3 is 0 Å². The van der Waals surface area contributed by atoms with E-state index in [4.69, 9.17) is 11.6 Å². The molecule has 3 aromatic carbocycles. The van der Waals surface area contributed by atoms with Gasteiger partial charge >= 0.3 is 0 Å². The summed E-state index contributed by atoms with van der Waals surface area (Å²) in [6.07, 6.45) is 0. The third kappa shape index (κ3) is 3.74. The number of sulfonamides is 1. The Hall–Kier alpha value is -2.37. The highest BCUT2D eigenvalue weighted by molar-refractivity contribution is 7.92. The normalized spacial score (nSPS) is 11.3. The summed E-state index contributed by atoms with van der Waals surface area (Å²) >= 11 is 6.11. The smallest absolute Gasteiger partial charge is 0.262 e. The predicted molar refractivity (Wildman–Crippen MR) is 102 cm³/mol. The van der Waals surface area contributed by atoms with Gasteiger partial charge in [0.05, 0.1) is 17.1 Å². The van der Waals surface area contributed by atoms with Gasteiger partial charge in [0.15, 0.2) is 0 Å². The minimum Gasteiger partial charge on any atom is -0.262 e. The van der Waals surface area contributed by atoms with Crippen LogP contribution in [0, 0.1) is 12.7 Å². The number of benzene rings is 3. The van der Waals surface area contributed by atoms with Crippen LogP contribution in [0.25, 0.3) is 0 Å². The molecule has 3 nitrogen and oxygen atoms in total. The van der Waals surface area contributed by atoms with Gasteiger partial charge in [-0.25, -0.2) is 12.8 Å². The van der Waals surface area contributed by atoms with Crippen molar-refractivity contribution in [3.63, 3.8) is 0 Å². The van der Waals surface area contributed by atoms with Crippen LogP contribution in [-0.2, 0) is 16.6 Å². The van der Waals surface area contributed by atoms with Gasteiger partial charge in [-0.15, -0.1) is 0 Å². The Labute approximate surface area is 157 Å². The molecule has 0 heterocycles. The summed E-state index contributed by atoms with van der Waals surface area (Å²) in [5.74, 6) is -0.501. The van der Waals surface area contributed by atoms with Crippen LogP contribution in [0.2, 0.25) is 5.02 Å². The van der Waals surface area contributed by atoms with E-state index in [1.54, 1.807) is 25.1 Å². The highest BCUT2D eigenvalue weighted by Crippen LogP contribution is 2.30. The lowest BCUT2D eigenvalue weighted by atomic mass is 10.2. The van der Waals surface area contributed by atoms with Gasteiger partial charge in [-0.1, -0.05) is 54.1 Å². The van der Waals surface area contributed by atoms with Crippen molar-refractivity contribution in [3.05, 3.63) is 94.8 Å². The molecule has 134 valence electrons.